The van der Waals surface area contributed by atoms with Gasteiger partial charge in [-0.1, -0.05) is 19.1 Å². The van der Waals surface area contributed by atoms with Crippen molar-refractivity contribution in [3.05, 3.63) is 30.6 Å². The van der Waals surface area contributed by atoms with Gasteiger partial charge < -0.3 is 10.1 Å². The second-order valence-electron chi connectivity index (χ2n) is 3.22. The van der Waals surface area contributed by atoms with Gasteiger partial charge in [-0.3, -0.25) is 4.98 Å². The molecule has 1 rings (SSSR count). The number of nitrogens with one attached hydrogen (secondary N) is 1. The van der Waals surface area contributed by atoms with Gasteiger partial charge in [-0.2, -0.15) is 0 Å². The topological polar surface area (TPSA) is 34.1 Å². The molecule has 0 aliphatic rings. The third kappa shape index (κ3) is 4.49. The lowest BCUT2D eigenvalue weighted by Crippen LogP contribution is -2.01. The molecular formula is C12H18N2O. The van der Waals surface area contributed by atoms with Gasteiger partial charge in [-0.05, 0) is 13.3 Å². The molecule has 0 aliphatic carbocycles. The van der Waals surface area contributed by atoms with Crippen LogP contribution in [0.1, 0.15) is 20.3 Å². The van der Waals surface area contributed by atoms with Crippen molar-refractivity contribution in [3.8, 4) is 5.75 Å². The summed E-state index contributed by atoms with van der Waals surface area (Å²) in [6.45, 7) is 5.66. The Morgan fingerprint density at radius 1 is 1.47 bits per heavy atom. The first-order chi connectivity index (χ1) is 7.36. The van der Waals surface area contributed by atoms with Gasteiger partial charge in [0, 0.05) is 12.6 Å². The molecule has 0 unspecified atom stereocenters. The Balaban J connectivity index is 2.49. The fourth-order valence-electron chi connectivity index (χ4n) is 1.10. The number of hydrogen-bond acceptors (Lipinski definition) is 3. The summed E-state index contributed by atoms with van der Waals surface area (Å²) in [7, 11) is 0. The lowest BCUT2D eigenvalue weighted by atomic mass is 10.4. The molecule has 1 aromatic heterocycles. The van der Waals surface area contributed by atoms with Crippen molar-refractivity contribution in [2.75, 3.05) is 18.5 Å². The third-order valence-electron chi connectivity index (χ3n) is 1.87. The molecule has 0 aliphatic heterocycles. The highest BCUT2D eigenvalue weighted by molar-refractivity contribution is 5.45. The van der Waals surface area contributed by atoms with Crippen LogP contribution in [0.4, 0.5) is 5.69 Å². The van der Waals surface area contributed by atoms with Crippen LogP contribution in [0.3, 0.4) is 0 Å². The first-order valence-electron chi connectivity index (χ1n) is 5.29. The normalized spacial score (nSPS) is 10.5. The van der Waals surface area contributed by atoms with E-state index >= 15 is 0 Å². The standard InChI is InChI=1S/C12H18N2O/c1-3-5-7-15-12-8-11(9-13-10-12)14-6-4-2/h3,5,8-10,14H,4,6-7H2,1-2H3/b5-3+. The number of rotatable bonds is 6. The average Bonchev–Trinajstić information content (AvgIpc) is 2.27. The van der Waals surface area contributed by atoms with Gasteiger partial charge >= 0.3 is 0 Å². The zero-order valence-corrected chi connectivity index (χ0v) is 9.36. The number of anilines is 1. The molecule has 3 heteroatoms. The van der Waals surface area contributed by atoms with Crippen LogP contribution in [0, 0.1) is 0 Å². The summed E-state index contributed by atoms with van der Waals surface area (Å²) in [6, 6.07) is 1.96. The van der Waals surface area contributed by atoms with E-state index in [1.54, 1.807) is 12.4 Å². The predicted octanol–water partition coefficient (Wildman–Crippen LogP) is 2.86. The summed E-state index contributed by atoms with van der Waals surface area (Å²) < 4.78 is 5.48. The minimum absolute atomic E-state index is 0.593. The van der Waals surface area contributed by atoms with Crippen LogP contribution in [0.15, 0.2) is 30.6 Å². The van der Waals surface area contributed by atoms with Crippen molar-refractivity contribution in [1.82, 2.24) is 4.98 Å². The van der Waals surface area contributed by atoms with Crippen molar-refractivity contribution in [1.29, 1.82) is 0 Å². The maximum Gasteiger partial charge on any atom is 0.140 e. The number of allylic oxidation sites excluding steroid dienone is 1. The number of pyridine rings is 1. The van der Waals surface area contributed by atoms with E-state index in [1.165, 1.54) is 0 Å². The first kappa shape index (κ1) is 11.6. The maximum absolute atomic E-state index is 5.48. The molecular weight excluding hydrogens is 188 g/mol. The summed E-state index contributed by atoms with van der Waals surface area (Å²) in [5.74, 6) is 0.800. The summed E-state index contributed by atoms with van der Waals surface area (Å²) in [4.78, 5) is 4.10. The summed E-state index contributed by atoms with van der Waals surface area (Å²) in [5, 5.41) is 3.26. The van der Waals surface area contributed by atoms with Gasteiger partial charge in [-0.15, -0.1) is 0 Å². The van der Waals surface area contributed by atoms with Gasteiger partial charge in [0.2, 0.25) is 0 Å². The van der Waals surface area contributed by atoms with E-state index in [1.807, 2.05) is 25.1 Å². The molecule has 1 aromatic rings. The number of nitrogens with zero attached hydrogens (tertiary/aromatic N) is 1. The minimum atomic E-state index is 0.593. The predicted molar refractivity (Wildman–Crippen MR) is 63.3 cm³/mol. The fourth-order valence-corrected chi connectivity index (χ4v) is 1.10. The van der Waals surface area contributed by atoms with Crippen LogP contribution in [0.25, 0.3) is 0 Å². The molecule has 0 bridgehead atoms. The zero-order chi connectivity index (χ0) is 10.9. The van der Waals surface area contributed by atoms with Crippen molar-refractivity contribution in [2.24, 2.45) is 0 Å². The highest BCUT2D eigenvalue weighted by Crippen LogP contribution is 2.15. The van der Waals surface area contributed by atoms with E-state index in [9.17, 15) is 0 Å². The zero-order valence-electron chi connectivity index (χ0n) is 9.36. The summed E-state index contributed by atoms with van der Waals surface area (Å²) in [5.41, 5.74) is 1.01. The summed E-state index contributed by atoms with van der Waals surface area (Å²) in [6.07, 6.45) is 8.56. The Hall–Kier alpha value is -1.51. The molecule has 0 amide bonds. The maximum atomic E-state index is 5.48. The van der Waals surface area contributed by atoms with Crippen LogP contribution < -0.4 is 10.1 Å². The van der Waals surface area contributed by atoms with Gasteiger partial charge in [0.25, 0.3) is 0 Å². The quantitative estimate of drug-likeness (QED) is 0.727. The van der Waals surface area contributed by atoms with E-state index in [2.05, 4.69) is 17.2 Å². The largest absolute Gasteiger partial charge is 0.488 e. The highest BCUT2D eigenvalue weighted by atomic mass is 16.5. The number of aromatic nitrogens is 1. The molecule has 0 saturated carbocycles. The Morgan fingerprint density at radius 3 is 3.07 bits per heavy atom. The smallest absolute Gasteiger partial charge is 0.140 e. The Morgan fingerprint density at radius 2 is 2.33 bits per heavy atom. The van der Waals surface area contributed by atoms with Crippen LogP contribution in [0.2, 0.25) is 0 Å². The lowest BCUT2D eigenvalue weighted by molar-refractivity contribution is 0.361. The molecule has 1 N–H and O–H groups in total. The van der Waals surface area contributed by atoms with E-state index in [0.29, 0.717) is 6.61 Å². The molecule has 0 spiro atoms. The second kappa shape index (κ2) is 6.87. The van der Waals surface area contributed by atoms with Crippen molar-refractivity contribution in [3.63, 3.8) is 0 Å². The Kier molecular flexibility index (Phi) is 5.30. The Labute approximate surface area is 91.2 Å². The molecule has 0 aromatic carbocycles. The molecule has 1 heterocycles. The molecule has 0 radical (unpaired) electrons. The highest BCUT2D eigenvalue weighted by Gasteiger charge is 1.95. The SMILES string of the molecule is C/C=C/COc1cncc(NCCC)c1. The van der Waals surface area contributed by atoms with E-state index in [-0.39, 0.29) is 0 Å². The van der Waals surface area contributed by atoms with Crippen molar-refractivity contribution < 1.29 is 4.74 Å². The van der Waals surface area contributed by atoms with E-state index in [4.69, 9.17) is 4.74 Å². The van der Waals surface area contributed by atoms with Crippen molar-refractivity contribution >= 4 is 5.69 Å². The molecule has 0 fully saturated rings. The van der Waals surface area contributed by atoms with Crippen molar-refractivity contribution in [2.45, 2.75) is 20.3 Å². The summed E-state index contributed by atoms with van der Waals surface area (Å²) >= 11 is 0. The van der Waals surface area contributed by atoms with Crippen LogP contribution in [-0.4, -0.2) is 18.1 Å². The molecule has 15 heavy (non-hydrogen) atoms. The van der Waals surface area contributed by atoms with Gasteiger partial charge in [-0.25, -0.2) is 0 Å². The third-order valence-corrected chi connectivity index (χ3v) is 1.87. The second-order valence-corrected chi connectivity index (χ2v) is 3.22. The fraction of sp³-hybridized carbons (Fsp3) is 0.417. The van der Waals surface area contributed by atoms with E-state index < -0.39 is 0 Å². The Bertz CT molecular complexity index is 310. The van der Waals surface area contributed by atoms with Crippen LogP contribution >= 0.6 is 0 Å². The molecule has 3 nitrogen and oxygen atoms in total. The number of hydrogen-bond donors (Lipinski definition) is 1. The lowest BCUT2D eigenvalue weighted by Gasteiger charge is -2.06. The van der Waals surface area contributed by atoms with Gasteiger partial charge in [0.05, 0.1) is 18.1 Å². The van der Waals surface area contributed by atoms with Crippen LogP contribution in [0.5, 0.6) is 5.75 Å². The monoisotopic (exact) mass is 206 g/mol. The average molecular weight is 206 g/mol. The minimum Gasteiger partial charge on any atom is -0.488 e. The molecule has 82 valence electrons. The molecule has 0 saturated heterocycles. The number of ether oxygens (including phenoxy) is 1. The van der Waals surface area contributed by atoms with Gasteiger partial charge in [0.15, 0.2) is 0 Å². The van der Waals surface area contributed by atoms with Crippen LogP contribution in [-0.2, 0) is 0 Å². The van der Waals surface area contributed by atoms with Gasteiger partial charge in [0.1, 0.15) is 12.4 Å². The first-order valence-corrected chi connectivity index (χ1v) is 5.29. The van der Waals surface area contributed by atoms with E-state index in [0.717, 1.165) is 24.4 Å². The molecule has 0 atom stereocenters.